The molecule has 0 radical (unpaired) electrons. The van der Waals surface area contributed by atoms with E-state index in [1.165, 1.54) is 43.5 Å². The first kappa shape index (κ1) is 18.4. The van der Waals surface area contributed by atoms with Gasteiger partial charge in [0.15, 0.2) is 5.11 Å². The summed E-state index contributed by atoms with van der Waals surface area (Å²) in [4.78, 5) is 7.15. The van der Waals surface area contributed by atoms with E-state index in [9.17, 15) is 0 Å². The predicted molar refractivity (Wildman–Crippen MR) is 120 cm³/mol. The molecule has 29 heavy (non-hydrogen) atoms. The first-order chi connectivity index (χ1) is 14.3. The zero-order chi connectivity index (χ0) is 19.6. The van der Waals surface area contributed by atoms with Crippen molar-refractivity contribution in [2.24, 2.45) is 0 Å². The van der Waals surface area contributed by atoms with E-state index in [-0.39, 0.29) is 12.1 Å². The lowest BCUT2D eigenvalue weighted by Crippen LogP contribution is -2.40. The monoisotopic (exact) mass is 402 g/mol. The molecule has 0 unspecified atom stereocenters. The fraction of sp³-hybridized carbons (Fsp3) is 0.333. The molecule has 148 valence electrons. The van der Waals surface area contributed by atoms with Crippen LogP contribution in [0.25, 0.3) is 5.69 Å². The molecule has 0 amide bonds. The van der Waals surface area contributed by atoms with Crippen molar-refractivity contribution < 1.29 is 0 Å². The van der Waals surface area contributed by atoms with Crippen molar-refractivity contribution in [3.8, 4) is 5.69 Å². The average molecular weight is 403 g/mol. The summed E-state index contributed by atoms with van der Waals surface area (Å²) in [5.41, 5.74) is 3.47. The van der Waals surface area contributed by atoms with Gasteiger partial charge in [0.2, 0.25) is 0 Å². The summed E-state index contributed by atoms with van der Waals surface area (Å²) in [6, 6.07) is 21.7. The lowest BCUT2D eigenvalue weighted by atomic mass is 9.92. The molecule has 2 fully saturated rings. The number of hydrogen-bond donors (Lipinski definition) is 1. The van der Waals surface area contributed by atoms with Crippen LogP contribution in [0.3, 0.4) is 0 Å². The summed E-state index contributed by atoms with van der Waals surface area (Å²) in [5.74, 6) is 0. The molecule has 1 aliphatic carbocycles. The molecule has 1 N–H and O–H groups in total. The predicted octanol–water partition coefficient (Wildman–Crippen LogP) is 5.18. The zero-order valence-electron chi connectivity index (χ0n) is 16.4. The summed E-state index contributed by atoms with van der Waals surface area (Å²) < 4.78 is 2.30. The third kappa shape index (κ3) is 3.44. The molecule has 5 rings (SSSR count). The maximum absolute atomic E-state index is 5.89. The Labute approximate surface area is 177 Å². The number of thiocarbonyl (C=S) groups is 1. The normalized spacial score (nSPS) is 22.6. The maximum atomic E-state index is 5.89. The number of rotatable bonds is 4. The fourth-order valence-electron chi connectivity index (χ4n) is 4.89. The Morgan fingerprint density at radius 1 is 0.897 bits per heavy atom. The first-order valence-corrected chi connectivity index (χ1v) is 11.0. The van der Waals surface area contributed by atoms with Gasteiger partial charge in [0, 0.05) is 29.8 Å². The number of pyridine rings is 1. The molecule has 2 aromatic heterocycles. The van der Waals surface area contributed by atoms with E-state index >= 15 is 0 Å². The van der Waals surface area contributed by atoms with Gasteiger partial charge in [-0.25, -0.2) is 0 Å². The van der Waals surface area contributed by atoms with Crippen molar-refractivity contribution in [1.29, 1.82) is 0 Å². The second-order valence-corrected chi connectivity index (χ2v) is 8.35. The number of aromatic nitrogens is 2. The lowest BCUT2D eigenvalue weighted by molar-refractivity contribution is 0.193. The highest BCUT2D eigenvalue weighted by Crippen LogP contribution is 2.43. The highest BCUT2D eigenvalue weighted by Gasteiger charge is 2.44. The largest absolute Gasteiger partial charge is 0.352 e. The Bertz CT molecular complexity index is 963. The highest BCUT2D eigenvalue weighted by atomic mass is 32.1. The molecule has 2 aliphatic rings. The van der Waals surface area contributed by atoms with Crippen LogP contribution in [0.2, 0.25) is 0 Å². The quantitative estimate of drug-likeness (QED) is 0.610. The molecule has 0 bridgehead atoms. The molecule has 1 aromatic carbocycles. The second kappa shape index (κ2) is 7.99. The van der Waals surface area contributed by atoms with Crippen molar-refractivity contribution in [2.45, 2.75) is 50.2 Å². The summed E-state index contributed by atoms with van der Waals surface area (Å²) in [6.45, 7) is 0. The van der Waals surface area contributed by atoms with E-state index in [1.54, 1.807) is 0 Å². The van der Waals surface area contributed by atoms with E-state index in [1.807, 2.05) is 12.3 Å². The molecule has 1 saturated carbocycles. The van der Waals surface area contributed by atoms with Crippen molar-refractivity contribution >= 4 is 17.3 Å². The summed E-state index contributed by atoms with van der Waals surface area (Å²) in [7, 11) is 0. The molecule has 1 saturated heterocycles. The molecule has 5 heteroatoms. The third-order valence-electron chi connectivity index (χ3n) is 6.22. The molecule has 3 aromatic rings. The number of nitrogens with one attached hydrogen (secondary N) is 1. The molecule has 3 heterocycles. The van der Waals surface area contributed by atoms with E-state index < -0.39 is 0 Å². The Kier molecular flexibility index (Phi) is 5.06. The van der Waals surface area contributed by atoms with Gasteiger partial charge in [0.05, 0.1) is 17.8 Å². The van der Waals surface area contributed by atoms with Gasteiger partial charge < -0.3 is 14.8 Å². The number of para-hydroxylation sites is 1. The summed E-state index contributed by atoms with van der Waals surface area (Å²) in [5, 5.41) is 4.48. The molecule has 2 atom stereocenters. The van der Waals surface area contributed by atoms with Crippen LogP contribution in [0.5, 0.6) is 0 Å². The first-order valence-electron chi connectivity index (χ1n) is 10.6. The molecule has 1 aliphatic heterocycles. The van der Waals surface area contributed by atoms with Crippen LogP contribution < -0.4 is 5.32 Å². The molecular formula is C24H26N4S. The Balaban J connectivity index is 1.61. The minimum Gasteiger partial charge on any atom is -0.352 e. The smallest absolute Gasteiger partial charge is 0.170 e. The van der Waals surface area contributed by atoms with Crippen LogP contribution in [0.15, 0.2) is 73.1 Å². The topological polar surface area (TPSA) is 33.1 Å². The summed E-state index contributed by atoms with van der Waals surface area (Å²) in [6.07, 6.45) is 10.3. The SMILES string of the molecule is S=C1N[C@@H](c2ccccn2)[C@H](c2cccn2-c2ccccc2)N1C1CCCCC1. The molecule has 0 spiro atoms. The van der Waals surface area contributed by atoms with E-state index in [0.29, 0.717) is 6.04 Å². The number of hydrogen-bond acceptors (Lipinski definition) is 2. The van der Waals surface area contributed by atoms with Crippen molar-refractivity contribution in [3.63, 3.8) is 0 Å². The Morgan fingerprint density at radius 3 is 2.45 bits per heavy atom. The Hall–Kier alpha value is -2.66. The van der Waals surface area contributed by atoms with Gasteiger partial charge in [-0.2, -0.15) is 0 Å². The minimum absolute atomic E-state index is 0.0444. The van der Waals surface area contributed by atoms with Gasteiger partial charge >= 0.3 is 0 Å². The second-order valence-electron chi connectivity index (χ2n) is 7.96. The van der Waals surface area contributed by atoms with Gasteiger partial charge in [-0.1, -0.05) is 43.5 Å². The van der Waals surface area contributed by atoms with E-state index in [0.717, 1.165) is 10.8 Å². The maximum Gasteiger partial charge on any atom is 0.170 e. The zero-order valence-corrected chi connectivity index (χ0v) is 17.3. The molecular weight excluding hydrogens is 376 g/mol. The van der Waals surface area contributed by atoms with E-state index in [4.69, 9.17) is 12.2 Å². The highest BCUT2D eigenvalue weighted by molar-refractivity contribution is 7.80. The number of nitrogens with zero attached hydrogens (tertiary/aromatic N) is 3. The summed E-state index contributed by atoms with van der Waals surface area (Å²) >= 11 is 5.89. The van der Waals surface area contributed by atoms with Crippen LogP contribution in [-0.2, 0) is 0 Å². The van der Waals surface area contributed by atoms with Crippen LogP contribution in [0, 0.1) is 0 Å². The van der Waals surface area contributed by atoms with Gasteiger partial charge in [-0.15, -0.1) is 0 Å². The average Bonchev–Trinajstić information content (AvgIpc) is 3.40. The standard InChI is InChI=1S/C24H26N4S/c29-24-26-22(20-14-7-8-16-25-20)23(28(24)19-12-5-2-6-13-19)21-15-9-17-27(21)18-10-3-1-4-11-18/h1,3-4,7-11,14-17,19,22-23H,2,5-6,12-13H2,(H,26,29)/t22-,23-/m0/s1. The van der Waals surface area contributed by atoms with Gasteiger partial charge in [0.25, 0.3) is 0 Å². The van der Waals surface area contributed by atoms with Gasteiger partial charge in [-0.05, 0) is 61.5 Å². The van der Waals surface area contributed by atoms with Crippen LogP contribution >= 0.6 is 12.2 Å². The van der Waals surface area contributed by atoms with Crippen LogP contribution in [0.1, 0.15) is 55.6 Å². The van der Waals surface area contributed by atoms with Gasteiger partial charge in [0.1, 0.15) is 0 Å². The lowest BCUT2D eigenvalue weighted by Gasteiger charge is -2.37. The Morgan fingerprint density at radius 2 is 1.69 bits per heavy atom. The van der Waals surface area contributed by atoms with Crippen molar-refractivity contribution in [1.82, 2.24) is 19.8 Å². The van der Waals surface area contributed by atoms with Crippen molar-refractivity contribution in [2.75, 3.05) is 0 Å². The minimum atomic E-state index is 0.0444. The van der Waals surface area contributed by atoms with Crippen LogP contribution in [-0.4, -0.2) is 25.6 Å². The fourth-order valence-corrected chi connectivity index (χ4v) is 5.28. The molecule has 4 nitrogen and oxygen atoms in total. The number of benzene rings is 1. The third-order valence-corrected chi connectivity index (χ3v) is 6.55. The van der Waals surface area contributed by atoms with E-state index in [2.05, 4.69) is 80.6 Å². The van der Waals surface area contributed by atoms with Gasteiger partial charge in [-0.3, -0.25) is 4.98 Å². The van der Waals surface area contributed by atoms with Crippen molar-refractivity contribution in [3.05, 3.63) is 84.4 Å². The van der Waals surface area contributed by atoms with Crippen LogP contribution in [0.4, 0.5) is 0 Å².